The van der Waals surface area contributed by atoms with E-state index in [-0.39, 0.29) is 24.6 Å². The minimum absolute atomic E-state index is 0.243. The van der Waals surface area contributed by atoms with Gasteiger partial charge in [-0.05, 0) is 25.3 Å². The Bertz CT molecular complexity index is 830. The number of ketones is 2. The maximum Gasteiger partial charge on any atom is 0.191 e. The Labute approximate surface area is 175 Å². The van der Waals surface area contributed by atoms with E-state index in [0.717, 1.165) is 5.57 Å². The fraction of sp³-hybridized carbons (Fsp3) is 0.545. The van der Waals surface area contributed by atoms with Crippen LogP contribution in [0.3, 0.4) is 0 Å². The fourth-order valence-electron chi connectivity index (χ4n) is 6.04. The quantitative estimate of drug-likeness (QED) is 0.506. The molecule has 2 bridgehead atoms. The topological polar surface area (TPSA) is 74.6 Å². The Hall–Kier alpha value is -1.20. The number of halogens is 2. The van der Waals surface area contributed by atoms with Crippen LogP contribution < -0.4 is 0 Å². The van der Waals surface area contributed by atoms with Gasteiger partial charge in [0, 0.05) is 17.3 Å². The predicted octanol–water partition coefficient (Wildman–Crippen LogP) is 3.36. The summed E-state index contributed by atoms with van der Waals surface area (Å²) < 4.78 is 0. The molecule has 0 aromatic heterocycles. The fourth-order valence-corrected chi connectivity index (χ4v) is 6.62. The molecule has 0 aliphatic heterocycles. The van der Waals surface area contributed by atoms with Crippen LogP contribution in [0.1, 0.15) is 26.7 Å². The summed E-state index contributed by atoms with van der Waals surface area (Å²) in [4.78, 5) is 26.8. The number of hydrogen-bond acceptors (Lipinski definition) is 4. The lowest BCUT2D eigenvalue weighted by atomic mass is 9.36. The maximum absolute atomic E-state index is 13.6. The van der Waals surface area contributed by atoms with E-state index in [1.807, 2.05) is 13.0 Å². The molecule has 0 aromatic rings. The van der Waals surface area contributed by atoms with E-state index in [0.29, 0.717) is 5.57 Å². The van der Waals surface area contributed by atoms with Gasteiger partial charge in [-0.2, -0.15) is 0 Å². The highest BCUT2D eigenvalue weighted by molar-refractivity contribution is 6.23. The van der Waals surface area contributed by atoms with Gasteiger partial charge < -0.3 is 10.2 Å². The van der Waals surface area contributed by atoms with Gasteiger partial charge in [-0.15, -0.1) is 36.4 Å². The van der Waals surface area contributed by atoms with E-state index < -0.39 is 45.4 Å². The summed E-state index contributed by atoms with van der Waals surface area (Å²) >= 11 is 12.3. The smallest absolute Gasteiger partial charge is 0.191 e. The first kappa shape index (κ1) is 21.5. The second kappa shape index (κ2) is 6.66. The van der Waals surface area contributed by atoms with E-state index in [2.05, 4.69) is 13.2 Å². The molecule has 0 heterocycles. The lowest BCUT2D eigenvalue weighted by molar-refractivity contribution is -0.204. The van der Waals surface area contributed by atoms with Crippen LogP contribution >= 0.6 is 23.2 Å². The molecule has 2 N–H and O–H groups in total. The Morgan fingerprint density at radius 1 is 1.11 bits per heavy atom. The summed E-state index contributed by atoms with van der Waals surface area (Å²) in [6, 6.07) is 0. The normalized spacial score (nSPS) is 44.6. The molecule has 0 radical (unpaired) electrons. The molecule has 1 fully saturated rings. The largest absolute Gasteiger partial charge is 0.380 e. The number of aliphatic hydroxyl groups is 2. The lowest BCUT2D eigenvalue weighted by Gasteiger charge is -2.67. The molecule has 6 heteroatoms. The standard InChI is InChI=1S/C22H26Cl2O4/c1-5-7-14-10-19(4)16(22(28,12-24)17(14)25)15-13(3)9-20(19,8-6-2)18(26)21(15,27)11-23/h5-6,9-10,15-16,27-28H,1-2,7-8,11-12H2,3-4H3/t15?,16?,19?,20-,21?,22?/m0/s1. The van der Waals surface area contributed by atoms with E-state index in [1.165, 1.54) is 0 Å². The molecule has 4 aliphatic carbocycles. The van der Waals surface area contributed by atoms with Crippen LogP contribution in [0.25, 0.3) is 0 Å². The molecule has 0 amide bonds. The average molecular weight is 425 g/mol. The zero-order chi connectivity index (χ0) is 21.1. The number of rotatable bonds is 6. The zero-order valence-corrected chi connectivity index (χ0v) is 17.7. The molecule has 4 nitrogen and oxygen atoms in total. The molecule has 4 rings (SSSR count). The minimum atomic E-state index is -1.93. The molecule has 152 valence electrons. The van der Waals surface area contributed by atoms with Crippen LogP contribution in [0.2, 0.25) is 0 Å². The molecular weight excluding hydrogens is 399 g/mol. The van der Waals surface area contributed by atoms with E-state index >= 15 is 0 Å². The van der Waals surface area contributed by atoms with Crippen molar-refractivity contribution in [3.05, 3.63) is 48.6 Å². The molecular formula is C22H26Cl2O4. The second-order valence-electron chi connectivity index (χ2n) is 8.53. The molecule has 0 spiro atoms. The summed E-state index contributed by atoms with van der Waals surface area (Å²) in [5.41, 5.74) is -4.86. The van der Waals surface area contributed by atoms with Gasteiger partial charge in [-0.25, -0.2) is 0 Å². The number of allylic oxidation sites excluding steroid dienone is 4. The van der Waals surface area contributed by atoms with Crippen LogP contribution in [0, 0.1) is 22.7 Å². The summed E-state index contributed by atoms with van der Waals surface area (Å²) in [6.07, 6.45) is 7.36. The molecule has 5 unspecified atom stereocenters. The monoisotopic (exact) mass is 424 g/mol. The summed E-state index contributed by atoms with van der Waals surface area (Å²) in [5.74, 6) is -3.18. The second-order valence-corrected chi connectivity index (χ2v) is 9.06. The van der Waals surface area contributed by atoms with Gasteiger partial charge >= 0.3 is 0 Å². The average Bonchev–Trinajstić information content (AvgIpc) is 2.65. The molecule has 0 aromatic carbocycles. The Kier molecular flexibility index (Phi) is 5.12. The van der Waals surface area contributed by atoms with Crippen LogP contribution in [0.4, 0.5) is 0 Å². The van der Waals surface area contributed by atoms with Crippen molar-refractivity contribution >= 4 is 34.8 Å². The minimum Gasteiger partial charge on any atom is -0.380 e. The summed E-state index contributed by atoms with van der Waals surface area (Å²) in [7, 11) is 0. The zero-order valence-electron chi connectivity index (χ0n) is 16.2. The van der Waals surface area contributed by atoms with Crippen molar-refractivity contribution in [2.75, 3.05) is 11.8 Å². The van der Waals surface area contributed by atoms with Crippen LogP contribution in [-0.2, 0) is 9.59 Å². The number of carbonyl (C=O) groups excluding carboxylic acids is 2. The highest BCUT2D eigenvalue weighted by Crippen LogP contribution is 2.69. The summed E-state index contributed by atoms with van der Waals surface area (Å²) in [6.45, 7) is 11.2. The van der Waals surface area contributed by atoms with Crippen LogP contribution in [-0.4, -0.2) is 44.7 Å². The van der Waals surface area contributed by atoms with Gasteiger partial charge in [0.15, 0.2) is 11.6 Å². The summed E-state index contributed by atoms with van der Waals surface area (Å²) in [5, 5.41) is 22.9. The third kappa shape index (κ3) is 2.26. The number of carbonyl (C=O) groups is 2. The first-order valence-corrected chi connectivity index (χ1v) is 10.4. The van der Waals surface area contributed by atoms with Gasteiger partial charge in [-0.3, -0.25) is 9.59 Å². The van der Waals surface area contributed by atoms with E-state index in [4.69, 9.17) is 23.2 Å². The maximum atomic E-state index is 13.6. The number of hydrogen-bond donors (Lipinski definition) is 2. The van der Waals surface area contributed by atoms with Crippen molar-refractivity contribution in [1.29, 1.82) is 0 Å². The molecule has 4 aliphatic rings. The first-order chi connectivity index (χ1) is 13.0. The number of Topliss-reactive ketones (excluding diaryl/α,β-unsaturated/α-hetero) is 2. The number of alkyl halides is 2. The molecule has 1 saturated carbocycles. The Balaban J connectivity index is 2.44. The van der Waals surface area contributed by atoms with Crippen molar-refractivity contribution in [2.45, 2.75) is 37.9 Å². The Morgan fingerprint density at radius 3 is 2.21 bits per heavy atom. The number of fused-ring (bicyclic) bond motifs is 1. The van der Waals surface area contributed by atoms with Gasteiger partial charge in [0.1, 0.15) is 11.2 Å². The van der Waals surface area contributed by atoms with Gasteiger partial charge in [-0.1, -0.05) is 36.8 Å². The Morgan fingerprint density at radius 2 is 1.71 bits per heavy atom. The van der Waals surface area contributed by atoms with Crippen LogP contribution in [0.5, 0.6) is 0 Å². The van der Waals surface area contributed by atoms with Crippen molar-refractivity contribution in [3.63, 3.8) is 0 Å². The van der Waals surface area contributed by atoms with Gasteiger partial charge in [0.25, 0.3) is 0 Å². The third-order valence-corrected chi connectivity index (χ3v) is 7.94. The third-order valence-electron chi connectivity index (χ3n) is 7.13. The van der Waals surface area contributed by atoms with Crippen LogP contribution in [0.15, 0.2) is 48.6 Å². The molecule has 6 atom stereocenters. The SMILES string of the molecule is C=CCC1=CC2(C)C(C3C(C)=C[C@@]2(CC=C)C(=O)C3(O)CCl)C(O)(CCl)C1=O. The van der Waals surface area contributed by atoms with Crippen molar-refractivity contribution in [3.8, 4) is 0 Å². The molecule has 28 heavy (non-hydrogen) atoms. The van der Waals surface area contributed by atoms with E-state index in [1.54, 1.807) is 25.2 Å². The van der Waals surface area contributed by atoms with Crippen molar-refractivity contribution in [2.24, 2.45) is 22.7 Å². The van der Waals surface area contributed by atoms with Gasteiger partial charge in [0.05, 0.1) is 17.2 Å². The van der Waals surface area contributed by atoms with E-state index in [9.17, 15) is 19.8 Å². The van der Waals surface area contributed by atoms with Gasteiger partial charge in [0.2, 0.25) is 0 Å². The first-order valence-electron chi connectivity index (χ1n) is 9.33. The van der Waals surface area contributed by atoms with Crippen molar-refractivity contribution < 1.29 is 19.8 Å². The van der Waals surface area contributed by atoms with Crippen molar-refractivity contribution in [1.82, 2.24) is 0 Å². The predicted molar refractivity (Wildman–Crippen MR) is 110 cm³/mol. The molecule has 0 saturated heterocycles. The highest BCUT2D eigenvalue weighted by atomic mass is 35.5. The highest BCUT2D eigenvalue weighted by Gasteiger charge is 2.76. The lowest BCUT2D eigenvalue weighted by Crippen LogP contribution is -2.77.